The number of aromatic nitrogens is 1. The minimum atomic E-state index is -0.243. The Morgan fingerprint density at radius 3 is 2.87 bits per heavy atom. The summed E-state index contributed by atoms with van der Waals surface area (Å²) in [6.45, 7) is 0.797. The highest BCUT2D eigenvalue weighted by molar-refractivity contribution is 9.10. The molecule has 4 rings (SSSR count). The third-order valence-electron chi connectivity index (χ3n) is 5.40. The average molecular weight is 377 g/mol. The van der Waals surface area contributed by atoms with E-state index in [9.17, 15) is 9.90 Å². The molecule has 3 atom stereocenters. The maximum Gasteiger partial charge on any atom is 0.270 e. The Kier molecular flexibility index (Phi) is 3.93. The molecule has 1 aromatic carbocycles. The van der Waals surface area contributed by atoms with Crippen LogP contribution in [0.2, 0.25) is 0 Å². The number of aliphatic hydroxyl groups is 1. The number of nitrogens with zero attached hydrogens (tertiary/aromatic N) is 1. The zero-order valence-electron chi connectivity index (χ0n) is 13.0. The van der Waals surface area contributed by atoms with Gasteiger partial charge in [-0.25, -0.2) is 0 Å². The van der Waals surface area contributed by atoms with Crippen LogP contribution in [0.25, 0.3) is 10.9 Å². The summed E-state index contributed by atoms with van der Waals surface area (Å²) in [7, 11) is 0. The van der Waals surface area contributed by atoms with E-state index in [0.29, 0.717) is 5.69 Å². The van der Waals surface area contributed by atoms with E-state index in [0.717, 1.165) is 54.0 Å². The number of aromatic amines is 1. The third-order valence-corrected chi connectivity index (χ3v) is 5.89. The van der Waals surface area contributed by atoms with Crippen LogP contribution in [0.4, 0.5) is 0 Å². The van der Waals surface area contributed by atoms with Crippen molar-refractivity contribution in [2.45, 2.75) is 44.2 Å². The first-order valence-electron chi connectivity index (χ1n) is 8.41. The maximum absolute atomic E-state index is 13.0. The van der Waals surface area contributed by atoms with Crippen molar-refractivity contribution in [3.63, 3.8) is 0 Å². The highest BCUT2D eigenvalue weighted by Gasteiger charge is 2.40. The number of amides is 1. The van der Waals surface area contributed by atoms with Crippen molar-refractivity contribution in [3.8, 4) is 0 Å². The fourth-order valence-corrected chi connectivity index (χ4v) is 4.64. The first-order valence-corrected chi connectivity index (χ1v) is 9.20. The van der Waals surface area contributed by atoms with E-state index in [1.807, 2.05) is 29.2 Å². The topological polar surface area (TPSA) is 56.3 Å². The minimum Gasteiger partial charge on any atom is -0.393 e. The van der Waals surface area contributed by atoms with Gasteiger partial charge in [-0.05, 0) is 43.9 Å². The van der Waals surface area contributed by atoms with Crippen molar-refractivity contribution < 1.29 is 9.90 Å². The number of benzene rings is 1. The summed E-state index contributed by atoms with van der Waals surface area (Å²) >= 11 is 3.46. The Labute approximate surface area is 144 Å². The van der Waals surface area contributed by atoms with Crippen LogP contribution >= 0.6 is 15.9 Å². The van der Waals surface area contributed by atoms with Crippen LogP contribution < -0.4 is 0 Å². The summed E-state index contributed by atoms with van der Waals surface area (Å²) in [5, 5.41) is 11.3. The molecule has 0 spiro atoms. The van der Waals surface area contributed by atoms with E-state index >= 15 is 0 Å². The monoisotopic (exact) mass is 376 g/mol. The quantitative estimate of drug-likeness (QED) is 0.839. The Hall–Kier alpha value is -1.33. The highest BCUT2D eigenvalue weighted by atomic mass is 79.9. The molecule has 3 unspecified atom stereocenters. The smallest absolute Gasteiger partial charge is 0.270 e. The van der Waals surface area contributed by atoms with E-state index < -0.39 is 0 Å². The molecule has 23 heavy (non-hydrogen) atoms. The Morgan fingerprint density at radius 2 is 2.09 bits per heavy atom. The molecule has 122 valence electrons. The molecule has 2 aliphatic rings. The van der Waals surface area contributed by atoms with Gasteiger partial charge < -0.3 is 15.0 Å². The molecule has 1 saturated heterocycles. The van der Waals surface area contributed by atoms with Crippen LogP contribution in [0.3, 0.4) is 0 Å². The fourth-order valence-electron chi connectivity index (χ4n) is 4.28. The van der Waals surface area contributed by atoms with Crippen molar-refractivity contribution in [1.82, 2.24) is 9.88 Å². The number of carbonyl (C=O) groups excluding carboxylic acids is 1. The minimum absolute atomic E-state index is 0.0684. The lowest BCUT2D eigenvalue weighted by molar-refractivity contribution is 0.0524. The van der Waals surface area contributed by atoms with Gasteiger partial charge in [0.15, 0.2) is 0 Å². The standard InChI is InChI=1S/C18H21BrN2O2/c19-12-7-6-11-9-15(20-14(11)10-12)18(23)21-8-2-4-16(21)13-3-1-5-17(13)22/h6-7,9-10,13,16-17,20,22H,1-5,8H2. The average Bonchev–Trinajstić information content (AvgIpc) is 3.23. The SMILES string of the molecule is O=C(c1cc2ccc(Br)cc2[nH]1)N1CCCC1C1CCCC1O. The van der Waals surface area contributed by atoms with Gasteiger partial charge in [0.05, 0.1) is 6.10 Å². The molecule has 0 radical (unpaired) electrons. The molecule has 4 nitrogen and oxygen atoms in total. The number of carbonyl (C=O) groups is 1. The van der Waals surface area contributed by atoms with Crippen LogP contribution in [0.15, 0.2) is 28.7 Å². The normalized spacial score (nSPS) is 27.9. The largest absolute Gasteiger partial charge is 0.393 e. The number of fused-ring (bicyclic) bond motifs is 1. The zero-order valence-corrected chi connectivity index (χ0v) is 14.6. The van der Waals surface area contributed by atoms with Gasteiger partial charge in [0.2, 0.25) is 0 Å². The molecule has 2 N–H and O–H groups in total. The highest BCUT2D eigenvalue weighted by Crippen LogP contribution is 2.36. The summed E-state index contributed by atoms with van der Waals surface area (Å²) in [6.07, 6.45) is 4.79. The van der Waals surface area contributed by atoms with Gasteiger partial charge in [-0.3, -0.25) is 4.79 Å². The first-order chi connectivity index (χ1) is 11.1. The molecular weight excluding hydrogens is 356 g/mol. The molecule has 1 aliphatic heterocycles. The van der Waals surface area contributed by atoms with Gasteiger partial charge in [-0.1, -0.05) is 28.4 Å². The lowest BCUT2D eigenvalue weighted by Gasteiger charge is -2.31. The van der Waals surface area contributed by atoms with E-state index in [2.05, 4.69) is 20.9 Å². The van der Waals surface area contributed by atoms with Crippen LogP contribution in [0.1, 0.15) is 42.6 Å². The molecule has 1 aromatic heterocycles. The fraction of sp³-hybridized carbons (Fsp3) is 0.500. The molecule has 1 amide bonds. The summed E-state index contributed by atoms with van der Waals surface area (Å²) < 4.78 is 0.999. The van der Waals surface area contributed by atoms with Gasteiger partial charge in [-0.2, -0.15) is 0 Å². The van der Waals surface area contributed by atoms with Crippen molar-refractivity contribution in [3.05, 3.63) is 34.4 Å². The Balaban J connectivity index is 1.61. The number of likely N-dealkylation sites (tertiary alicyclic amines) is 1. The number of rotatable bonds is 2. The van der Waals surface area contributed by atoms with Gasteiger partial charge in [0.1, 0.15) is 5.69 Å². The lowest BCUT2D eigenvalue weighted by Crippen LogP contribution is -2.42. The first kappa shape index (κ1) is 15.2. The summed E-state index contributed by atoms with van der Waals surface area (Å²) in [5.74, 6) is 0.318. The predicted molar refractivity (Wildman–Crippen MR) is 93.4 cm³/mol. The second kappa shape index (κ2) is 5.95. The van der Waals surface area contributed by atoms with E-state index in [1.54, 1.807) is 0 Å². The molecule has 1 saturated carbocycles. The molecule has 0 bridgehead atoms. The van der Waals surface area contributed by atoms with Gasteiger partial charge >= 0.3 is 0 Å². The molecule has 2 aromatic rings. The summed E-state index contributed by atoms with van der Waals surface area (Å²) in [5.41, 5.74) is 1.62. The van der Waals surface area contributed by atoms with Crippen molar-refractivity contribution >= 4 is 32.7 Å². The number of hydrogen-bond acceptors (Lipinski definition) is 2. The van der Waals surface area contributed by atoms with Crippen molar-refractivity contribution in [2.75, 3.05) is 6.54 Å². The molecule has 2 fully saturated rings. The zero-order chi connectivity index (χ0) is 16.0. The number of nitrogens with one attached hydrogen (secondary N) is 1. The maximum atomic E-state index is 13.0. The number of halogens is 1. The summed E-state index contributed by atoms with van der Waals surface area (Å²) in [6, 6.07) is 8.12. The second-order valence-electron chi connectivity index (χ2n) is 6.78. The molecular formula is C18H21BrN2O2. The number of H-pyrrole nitrogens is 1. The molecule has 5 heteroatoms. The third kappa shape index (κ3) is 2.70. The molecule has 1 aliphatic carbocycles. The van der Waals surface area contributed by atoms with Crippen LogP contribution in [0, 0.1) is 5.92 Å². The Bertz CT molecular complexity index is 742. The van der Waals surface area contributed by atoms with E-state index in [4.69, 9.17) is 0 Å². The van der Waals surface area contributed by atoms with Gasteiger partial charge in [-0.15, -0.1) is 0 Å². The Morgan fingerprint density at radius 1 is 1.22 bits per heavy atom. The number of aliphatic hydroxyl groups excluding tert-OH is 1. The second-order valence-corrected chi connectivity index (χ2v) is 7.70. The van der Waals surface area contributed by atoms with Gasteiger partial charge in [0.25, 0.3) is 5.91 Å². The summed E-state index contributed by atoms with van der Waals surface area (Å²) in [4.78, 5) is 18.2. The van der Waals surface area contributed by atoms with E-state index in [1.165, 1.54) is 0 Å². The number of hydrogen-bond donors (Lipinski definition) is 2. The van der Waals surface area contributed by atoms with Gasteiger partial charge in [0, 0.05) is 33.9 Å². The van der Waals surface area contributed by atoms with Crippen molar-refractivity contribution in [2.24, 2.45) is 5.92 Å². The van der Waals surface area contributed by atoms with Crippen LogP contribution in [-0.4, -0.2) is 39.6 Å². The van der Waals surface area contributed by atoms with E-state index in [-0.39, 0.29) is 24.0 Å². The predicted octanol–water partition coefficient (Wildman–Crippen LogP) is 3.70. The van der Waals surface area contributed by atoms with Crippen LogP contribution in [-0.2, 0) is 0 Å². The lowest BCUT2D eigenvalue weighted by atomic mass is 9.94. The van der Waals surface area contributed by atoms with Crippen molar-refractivity contribution in [1.29, 1.82) is 0 Å². The van der Waals surface area contributed by atoms with Crippen LogP contribution in [0.5, 0.6) is 0 Å². The molecule has 2 heterocycles.